The summed E-state index contributed by atoms with van der Waals surface area (Å²) >= 11 is 5.82. The molecule has 2 rings (SSSR count). The Balaban J connectivity index is 1.65. The van der Waals surface area contributed by atoms with Gasteiger partial charge in [0.05, 0.1) is 12.3 Å². The van der Waals surface area contributed by atoms with Gasteiger partial charge in [-0.1, -0.05) is 23.7 Å². The molecule has 0 saturated heterocycles. The van der Waals surface area contributed by atoms with Crippen molar-refractivity contribution in [2.75, 3.05) is 13.2 Å². The molecule has 1 N–H and O–H groups in total. The smallest absolute Gasteiger partial charge is 0.119 e. The van der Waals surface area contributed by atoms with Crippen LogP contribution in [0, 0.1) is 0 Å². The molecule has 0 spiro atoms. The quantitative estimate of drug-likeness (QED) is 0.724. The van der Waals surface area contributed by atoms with Crippen molar-refractivity contribution in [3.63, 3.8) is 0 Å². The van der Waals surface area contributed by atoms with Gasteiger partial charge < -0.3 is 10.1 Å². The van der Waals surface area contributed by atoms with Crippen LogP contribution in [-0.4, -0.2) is 28.1 Å². The molecule has 0 bridgehead atoms. The van der Waals surface area contributed by atoms with E-state index in [9.17, 15) is 0 Å². The third kappa shape index (κ3) is 5.73. The molecule has 2 aromatic rings. The number of rotatable bonds is 9. The predicted octanol–water partition coefficient (Wildman–Crippen LogP) is 2.90. The first-order valence-electron chi connectivity index (χ1n) is 7.26. The van der Waals surface area contributed by atoms with E-state index in [1.165, 1.54) is 0 Å². The second-order valence-corrected chi connectivity index (χ2v) is 5.24. The molecule has 0 aliphatic heterocycles. The Morgan fingerprint density at radius 3 is 2.86 bits per heavy atom. The minimum atomic E-state index is 0.644. The first-order chi connectivity index (χ1) is 10.3. The highest BCUT2D eigenvalue weighted by molar-refractivity contribution is 6.30. The fraction of sp³-hybridized carbons (Fsp3) is 0.467. The number of nitrogens with one attached hydrogen (secondary N) is 1. The van der Waals surface area contributed by atoms with Gasteiger partial charge in [-0.05, 0) is 37.2 Å². The second-order valence-electron chi connectivity index (χ2n) is 4.81. The van der Waals surface area contributed by atoms with Crippen LogP contribution in [0.2, 0.25) is 5.02 Å². The van der Waals surface area contributed by atoms with Crippen molar-refractivity contribution in [1.82, 2.24) is 20.3 Å². The highest BCUT2D eigenvalue weighted by Crippen LogP contribution is 2.15. The van der Waals surface area contributed by atoms with Gasteiger partial charge in [-0.2, -0.15) is 0 Å². The average Bonchev–Trinajstić information content (AvgIpc) is 2.94. The summed E-state index contributed by atoms with van der Waals surface area (Å²) in [6.07, 6.45) is 3.98. The summed E-state index contributed by atoms with van der Waals surface area (Å²) in [5.74, 6) is 0.836. The second kappa shape index (κ2) is 8.64. The first-order valence-corrected chi connectivity index (χ1v) is 7.64. The van der Waals surface area contributed by atoms with Crippen LogP contribution in [0.1, 0.15) is 25.5 Å². The fourth-order valence-corrected chi connectivity index (χ4v) is 2.00. The lowest BCUT2D eigenvalue weighted by atomic mass is 10.3. The Bertz CT molecular complexity index is 527. The van der Waals surface area contributed by atoms with Gasteiger partial charge in [0.25, 0.3) is 0 Å². The van der Waals surface area contributed by atoms with Gasteiger partial charge in [-0.25, -0.2) is 0 Å². The maximum atomic E-state index is 5.82. The fourth-order valence-electron chi connectivity index (χ4n) is 1.87. The van der Waals surface area contributed by atoms with E-state index in [-0.39, 0.29) is 0 Å². The van der Waals surface area contributed by atoms with Crippen molar-refractivity contribution < 1.29 is 4.74 Å². The lowest BCUT2D eigenvalue weighted by molar-refractivity contribution is 0.298. The summed E-state index contributed by atoms with van der Waals surface area (Å²) in [5.41, 5.74) is 0.974. The minimum absolute atomic E-state index is 0.644. The summed E-state index contributed by atoms with van der Waals surface area (Å²) in [6.45, 7) is 5.36. The van der Waals surface area contributed by atoms with Gasteiger partial charge in [-0.3, -0.25) is 4.68 Å². The highest BCUT2D eigenvalue weighted by Gasteiger charge is 2.00. The summed E-state index contributed by atoms with van der Waals surface area (Å²) in [5, 5.41) is 12.3. The van der Waals surface area contributed by atoms with Crippen LogP contribution in [-0.2, 0) is 13.1 Å². The molecule has 0 aliphatic carbocycles. The monoisotopic (exact) mass is 308 g/mol. The summed E-state index contributed by atoms with van der Waals surface area (Å²) in [4.78, 5) is 0. The van der Waals surface area contributed by atoms with E-state index in [2.05, 4.69) is 22.6 Å². The van der Waals surface area contributed by atoms with Crippen molar-refractivity contribution in [2.45, 2.75) is 32.9 Å². The van der Waals surface area contributed by atoms with Gasteiger partial charge in [0.2, 0.25) is 0 Å². The molecule has 1 heterocycles. The molecule has 0 radical (unpaired) electrons. The number of aryl methyl sites for hydroxylation is 1. The van der Waals surface area contributed by atoms with Crippen LogP contribution in [0.25, 0.3) is 0 Å². The SMILES string of the molecule is CCCNCc1cn(CCCOc2ccc(Cl)cc2)nn1. The molecule has 0 saturated carbocycles. The molecule has 0 amide bonds. The molecule has 6 heteroatoms. The summed E-state index contributed by atoms with van der Waals surface area (Å²) < 4.78 is 7.49. The van der Waals surface area contributed by atoms with Crippen LogP contribution in [0.15, 0.2) is 30.5 Å². The highest BCUT2D eigenvalue weighted by atomic mass is 35.5. The van der Waals surface area contributed by atoms with Gasteiger partial charge >= 0.3 is 0 Å². The van der Waals surface area contributed by atoms with Crippen molar-refractivity contribution in [1.29, 1.82) is 0 Å². The lowest BCUT2D eigenvalue weighted by Gasteiger charge is -2.05. The first kappa shape index (κ1) is 15.8. The molecule has 5 nitrogen and oxygen atoms in total. The molecule has 21 heavy (non-hydrogen) atoms. The minimum Gasteiger partial charge on any atom is -0.494 e. The van der Waals surface area contributed by atoms with Crippen LogP contribution >= 0.6 is 11.6 Å². The van der Waals surface area contributed by atoms with E-state index in [1.54, 1.807) is 0 Å². The van der Waals surface area contributed by atoms with Crippen molar-refractivity contribution in [3.05, 3.63) is 41.2 Å². The van der Waals surface area contributed by atoms with E-state index >= 15 is 0 Å². The molecule has 0 unspecified atom stereocenters. The number of aromatic nitrogens is 3. The van der Waals surface area contributed by atoms with Gasteiger partial charge in [-0.15, -0.1) is 5.10 Å². The molecule has 0 atom stereocenters. The normalized spacial score (nSPS) is 10.8. The zero-order valence-corrected chi connectivity index (χ0v) is 13.0. The predicted molar refractivity (Wildman–Crippen MR) is 83.6 cm³/mol. The van der Waals surface area contributed by atoms with Crippen LogP contribution in [0.4, 0.5) is 0 Å². The molecule has 0 fully saturated rings. The van der Waals surface area contributed by atoms with Gasteiger partial charge in [0, 0.05) is 30.7 Å². The summed E-state index contributed by atoms with van der Waals surface area (Å²) in [6, 6.07) is 7.39. The van der Waals surface area contributed by atoms with E-state index in [1.807, 2.05) is 35.1 Å². The maximum absolute atomic E-state index is 5.82. The molecule has 1 aromatic heterocycles. The zero-order valence-electron chi connectivity index (χ0n) is 12.3. The van der Waals surface area contributed by atoms with Crippen molar-refractivity contribution in [2.24, 2.45) is 0 Å². The lowest BCUT2D eigenvalue weighted by Crippen LogP contribution is -2.13. The molecular weight excluding hydrogens is 288 g/mol. The number of hydrogen-bond donors (Lipinski definition) is 1. The van der Waals surface area contributed by atoms with E-state index < -0.39 is 0 Å². The molecular formula is C15H21ClN4O. The number of benzene rings is 1. The number of halogens is 1. The van der Waals surface area contributed by atoms with E-state index in [0.29, 0.717) is 11.6 Å². The standard InChI is InChI=1S/C15H21ClN4O/c1-2-8-17-11-14-12-20(19-18-14)9-3-10-21-15-6-4-13(16)5-7-15/h4-7,12,17H,2-3,8-11H2,1H3. The summed E-state index contributed by atoms with van der Waals surface area (Å²) in [7, 11) is 0. The van der Waals surface area contributed by atoms with E-state index in [4.69, 9.17) is 16.3 Å². The molecule has 0 aliphatic rings. The zero-order chi connectivity index (χ0) is 14.9. The molecule has 114 valence electrons. The van der Waals surface area contributed by atoms with Crippen LogP contribution in [0.5, 0.6) is 5.75 Å². The van der Waals surface area contributed by atoms with Crippen LogP contribution < -0.4 is 10.1 Å². The topological polar surface area (TPSA) is 52.0 Å². The van der Waals surface area contributed by atoms with Gasteiger partial charge in [0.1, 0.15) is 5.75 Å². The van der Waals surface area contributed by atoms with Gasteiger partial charge in [0.15, 0.2) is 0 Å². The maximum Gasteiger partial charge on any atom is 0.119 e. The Labute approximate surface area is 130 Å². The molecule has 1 aromatic carbocycles. The third-order valence-corrected chi connectivity index (χ3v) is 3.18. The van der Waals surface area contributed by atoms with Crippen molar-refractivity contribution >= 4 is 11.6 Å². The Morgan fingerprint density at radius 2 is 2.10 bits per heavy atom. The van der Waals surface area contributed by atoms with Crippen LogP contribution in [0.3, 0.4) is 0 Å². The Morgan fingerprint density at radius 1 is 1.29 bits per heavy atom. The number of nitrogens with zero attached hydrogens (tertiary/aromatic N) is 3. The van der Waals surface area contributed by atoms with E-state index in [0.717, 1.165) is 43.9 Å². The third-order valence-electron chi connectivity index (χ3n) is 2.93. The van der Waals surface area contributed by atoms with Crippen molar-refractivity contribution in [3.8, 4) is 5.75 Å². The largest absolute Gasteiger partial charge is 0.494 e. The number of hydrogen-bond acceptors (Lipinski definition) is 4. The Hall–Kier alpha value is -1.59. The number of ether oxygens (including phenoxy) is 1. The Kier molecular flexibility index (Phi) is 6.50. The average molecular weight is 309 g/mol.